The summed E-state index contributed by atoms with van der Waals surface area (Å²) in [5, 5.41) is 2.49. The monoisotopic (exact) mass is 361 g/mol. The van der Waals surface area contributed by atoms with E-state index in [4.69, 9.17) is 10.5 Å². The molecular weight excluding hydrogens is 341 g/mol. The molecular formula is C17H20FN5O3. The van der Waals surface area contributed by atoms with Crippen molar-refractivity contribution in [3.63, 3.8) is 0 Å². The molecule has 1 amide bonds. The van der Waals surface area contributed by atoms with Gasteiger partial charge in [-0.25, -0.2) is 9.37 Å². The summed E-state index contributed by atoms with van der Waals surface area (Å²) in [6.07, 6.45) is -0.181. The van der Waals surface area contributed by atoms with Crippen LogP contribution in [0, 0.1) is 5.82 Å². The molecule has 8 nitrogen and oxygen atoms in total. The molecule has 0 aliphatic carbocycles. The number of ether oxygens (including phenoxy) is 1. The van der Waals surface area contributed by atoms with Crippen LogP contribution >= 0.6 is 0 Å². The second kappa shape index (κ2) is 8.07. The topological polar surface area (TPSA) is 113 Å². The lowest BCUT2D eigenvalue weighted by atomic mass is 10.2. The number of nitrogens with two attached hydrogens (primary N) is 1. The number of halogens is 1. The number of morpholine rings is 1. The van der Waals surface area contributed by atoms with Crippen molar-refractivity contribution in [2.24, 2.45) is 5.73 Å². The molecule has 1 aliphatic rings. The molecule has 3 rings (SSSR count). The molecule has 2 heterocycles. The number of aromatic nitrogens is 2. The highest BCUT2D eigenvalue weighted by Gasteiger charge is 2.16. The van der Waals surface area contributed by atoms with E-state index in [-0.39, 0.29) is 30.0 Å². The minimum atomic E-state index is -0.563. The van der Waals surface area contributed by atoms with Crippen molar-refractivity contribution in [1.29, 1.82) is 0 Å². The van der Waals surface area contributed by atoms with E-state index < -0.39 is 11.7 Å². The number of anilines is 2. The lowest BCUT2D eigenvalue weighted by molar-refractivity contribution is -0.115. The van der Waals surface area contributed by atoms with Crippen LogP contribution in [-0.2, 0) is 22.5 Å². The lowest BCUT2D eigenvalue weighted by Crippen LogP contribution is -2.37. The third kappa shape index (κ3) is 4.24. The third-order valence-electron chi connectivity index (χ3n) is 4.01. The number of aromatic amines is 1. The molecule has 1 aromatic heterocycles. The number of carbonyl (C=O) groups is 1. The number of hydrogen-bond donors (Lipinski definition) is 3. The molecule has 1 aromatic carbocycles. The van der Waals surface area contributed by atoms with E-state index in [1.165, 1.54) is 12.1 Å². The van der Waals surface area contributed by atoms with Crippen LogP contribution in [0.2, 0.25) is 0 Å². The lowest BCUT2D eigenvalue weighted by Gasteiger charge is -2.27. The molecule has 0 bridgehead atoms. The molecule has 0 saturated carbocycles. The zero-order chi connectivity index (χ0) is 18.5. The number of H-pyrrole nitrogens is 1. The molecule has 1 fully saturated rings. The van der Waals surface area contributed by atoms with Gasteiger partial charge in [-0.1, -0.05) is 12.1 Å². The van der Waals surface area contributed by atoms with Gasteiger partial charge in [0.2, 0.25) is 5.91 Å². The van der Waals surface area contributed by atoms with Gasteiger partial charge in [-0.15, -0.1) is 0 Å². The van der Waals surface area contributed by atoms with Crippen LogP contribution in [0.1, 0.15) is 11.4 Å². The highest BCUT2D eigenvalue weighted by atomic mass is 19.1. The summed E-state index contributed by atoms with van der Waals surface area (Å²) in [7, 11) is 0. The van der Waals surface area contributed by atoms with Gasteiger partial charge >= 0.3 is 0 Å². The smallest absolute Gasteiger partial charge is 0.252 e. The Bertz CT molecular complexity index is 849. The minimum absolute atomic E-state index is 0.0337. The van der Waals surface area contributed by atoms with Crippen molar-refractivity contribution in [1.82, 2.24) is 9.97 Å². The number of benzene rings is 1. The number of amides is 1. The van der Waals surface area contributed by atoms with E-state index >= 15 is 0 Å². The molecule has 4 N–H and O–H groups in total. The molecule has 0 radical (unpaired) electrons. The number of nitrogens with zero attached hydrogens (tertiary/aromatic N) is 2. The summed E-state index contributed by atoms with van der Waals surface area (Å²) >= 11 is 0. The molecule has 0 unspecified atom stereocenters. The van der Waals surface area contributed by atoms with Crippen LogP contribution in [0.25, 0.3) is 0 Å². The normalized spacial score (nSPS) is 14.3. The van der Waals surface area contributed by atoms with Gasteiger partial charge in [0.05, 0.1) is 25.3 Å². The second-order valence-corrected chi connectivity index (χ2v) is 5.86. The number of hydrogen-bond acceptors (Lipinski definition) is 6. The summed E-state index contributed by atoms with van der Waals surface area (Å²) in [6, 6.07) is 6.00. The van der Waals surface area contributed by atoms with Gasteiger partial charge in [-0.05, 0) is 6.07 Å². The highest BCUT2D eigenvalue weighted by Crippen LogP contribution is 2.18. The molecule has 2 aromatic rings. The molecule has 26 heavy (non-hydrogen) atoms. The zero-order valence-electron chi connectivity index (χ0n) is 14.1. The Morgan fingerprint density at radius 1 is 1.38 bits per heavy atom. The summed E-state index contributed by atoms with van der Waals surface area (Å²) in [5.41, 5.74) is 5.47. The average molecular weight is 361 g/mol. The fourth-order valence-electron chi connectivity index (χ4n) is 2.71. The highest BCUT2D eigenvalue weighted by molar-refractivity contribution is 5.92. The van der Waals surface area contributed by atoms with E-state index in [2.05, 4.69) is 15.3 Å². The van der Waals surface area contributed by atoms with Crippen molar-refractivity contribution in [2.45, 2.75) is 13.0 Å². The number of rotatable bonds is 5. The first-order valence-corrected chi connectivity index (χ1v) is 8.27. The Morgan fingerprint density at radius 3 is 2.88 bits per heavy atom. The standard InChI is InChI=1S/C17H20FN5O3/c18-17-11(10-19)2-1-3-12(17)20-15(24)8-13-21-14(9-16(25)22-13)23-4-6-26-7-5-23/h1-3,9H,4-8,10,19H2,(H,20,24)(H,21,22,25). The van der Waals surface area contributed by atoms with E-state index in [1.807, 2.05) is 4.90 Å². The second-order valence-electron chi connectivity index (χ2n) is 5.86. The van der Waals surface area contributed by atoms with Crippen molar-refractivity contribution >= 4 is 17.4 Å². The van der Waals surface area contributed by atoms with Gasteiger partial charge in [-0.3, -0.25) is 9.59 Å². The van der Waals surface area contributed by atoms with E-state index in [0.717, 1.165) is 0 Å². The summed E-state index contributed by atoms with van der Waals surface area (Å²) in [4.78, 5) is 32.9. The van der Waals surface area contributed by atoms with E-state index in [1.54, 1.807) is 12.1 Å². The van der Waals surface area contributed by atoms with Crippen LogP contribution in [0.4, 0.5) is 15.9 Å². The molecule has 138 valence electrons. The van der Waals surface area contributed by atoms with Gasteiger partial charge in [0.15, 0.2) is 5.82 Å². The quantitative estimate of drug-likeness (QED) is 0.710. The fraction of sp³-hybridized carbons (Fsp3) is 0.353. The van der Waals surface area contributed by atoms with Gasteiger partial charge in [-0.2, -0.15) is 0 Å². The maximum Gasteiger partial charge on any atom is 0.252 e. The number of carbonyl (C=O) groups excluding carboxylic acids is 1. The summed E-state index contributed by atoms with van der Waals surface area (Å²) < 4.78 is 19.4. The Labute approximate surface area is 149 Å². The third-order valence-corrected chi connectivity index (χ3v) is 4.01. The molecule has 1 saturated heterocycles. The molecule has 0 atom stereocenters. The predicted octanol–water partition coefficient (Wildman–Crippen LogP) is 0.385. The molecule has 1 aliphatic heterocycles. The maximum atomic E-state index is 14.2. The first-order chi connectivity index (χ1) is 12.6. The molecule has 9 heteroatoms. The SMILES string of the molecule is NCc1cccc(NC(=O)Cc2nc(N3CCOCC3)cc(=O)[nH]2)c1F. The number of nitrogens with one attached hydrogen (secondary N) is 2. The average Bonchev–Trinajstić information content (AvgIpc) is 2.63. The van der Waals surface area contributed by atoms with Crippen LogP contribution < -0.4 is 21.5 Å². The minimum Gasteiger partial charge on any atom is -0.378 e. The van der Waals surface area contributed by atoms with Crippen molar-refractivity contribution in [2.75, 3.05) is 36.5 Å². The van der Waals surface area contributed by atoms with Crippen LogP contribution in [0.5, 0.6) is 0 Å². The predicted molar refractivity (Wildman–Crippen MR) is 94.5 cm³/mol. The van der Waals surface area contributed by atoms with Gasteiger partial charge in [0, 0.05) is 31.3 Å². The van der Waals surface area contributed by atoms with Crippen molar-refractivity contribution < 1.29 is 13.9 Å². The fourth-order valence-corrected chi connectivity index (χ4v) is 2.71. The Hall–Kier alpha value is -2.78. The summed E-state index contributed by atoms with van der Waals surface area (Å²) in [5.74, 6) is -0.338. The van der Waals surface area contributed by atoms with E-state index in [9.17, 15) is 14.0 Å². The van der Waals surface area contributed by atoms with Crippen LogP contribution in [-0.4, -0.2) is 42.2 Å². The largest absolute Gasteiger partial charge is 0.378 e. The zero-order valence-corrected chi connectivity index (χ0v) is 14.1. The van der Waals surface area contributed by atoms with Gasteiger partial charge in [0.25, 0.3) is 5.56 Å². The Morgan fingerprint density at radius 2 is 2.15 bits per heavy atom. The Balaban J connectivity index is 1.73. The van der Waals surface area contributed by atoms with Crippen molar-refractivity contribution in [3.05, 3.63) is 51.8 Å². The van der Waals surface area contributed by atoms with Crippen LogP contribution in [0.15, 0.2) is 29.1 Å². The Kier molecular flexibility index (Phi) is 5.59. The van der Waals surface area contributed by atoms with E-state index in [0.29, 0.717) is 37.7 Å². The summed E-state index contributed by atoms with van der Waals surface area (Å²) in [6.45, 7) is 2.40. The van der Waals surface area contributed by atoms with Gasteiger partial charge in [0.1, 0.15) is 11.6 Å². The first kappa shape index (κ1) is 18.0. The maximum absolute atomic E-state index is 14.2. The van der Waals surface area contributed by atoms with Crippen molar-refractivity contribution in [3.8, 4) is 0 Å². The molecule has 0 spiro atoms. The van der Waals surface area contributed by atoms with Gasteiger partial charge < -0.3 is 25.7 Å². The van der Waals surface area contributed by atoms with Crippen LogP contribution in [0.3, 0.4) is 0 Å². The first-order valence-electron chi connectivity index (χ1n) is 8.27.